The number of hydrogen-bond donors (Lipinski definition) is 3. The van der Waals surface area contributed by atoms with Gasteiger partial charge in [-0.05, 0) is 35.7 Å². The summed E-state index contributed by atoms with van der Waals surface area (Å²) in [6.45, 7) is 0.0712. The molecule has 0 aliphatic rings. The largest absolute Gasteiger partial charge is 0.481 e. The van der Waals surface area contributed by atoms with Crippen LogP contribution in [0.25, 0.3) is 0 Å². The van der Waals surface area contributed by atoms with Crippen LogP contribution >= 0.6 is 23.2 Å². The monoisotopic (exact) mass is 425 g/mol. The van der Waals surface area contributed by atoms with Crippen LogP contribution in [-0.2, 0) is 27.2 Å². The Labute approximate surface area is 170 Å². The van der Waals surface area contributed by atoms with Crippen LogP contribution in [0.2, 0.25) is 10.0 Å². The predicted octanol–water partition coefficient (Wildman–Crippen LogP) is 4.11. The number of nitrogens with one attached hydrogen (secondary N) is 1. The number of amides is 1. The molecule has 7 nitrogen and oxygen atoms in total. The molecule has 148 valence electrons. The molecular formula is C19H17Cl2NO6. The van der Waals surface area contributed by atoms with E-state index in [1.165, 1.54) is 6.07 Å². The summed E-state index contributed by atoms with van der Waals surface area (Å²) >= 11 is 11.8. The summed E-state index contributed by atoms with van der Waals surface area (Å²) in [5.74, 6) is -4.29. The number of hydrogen-bond acceptors (Lipinski definition) is 4. The lowest BCUT2D eigenvalue weighted by Crippen LogP contribution is -2.25. The molecule has 0 aliphatic heterocycles. The lowest BCUT2D eigenvalue weighted by Gasteiger charge is -2.10. The van der Waals surface area contributed by atoms with Crippen molar-refractivity contribution in [3.63, 3.8) is 0 Å². The fourth-order valence-corrected chi connectivity index (χ4v) is 2.88. The summed E-state index contributed by atoms with van der Waals surface area (Å²) in [6.07, 6.45) is -0.438. The summed E-state index contributed by atoms with van der Waals surface area (Å²) < 4.78 is 5.10. The van der Waals surface area contributed by atoms with Gasteiger partial charge < -0.3 is 14.9 Å². The van der Waals surface area contributed by atoms with Crippen LogP contribution in [0.1, 0.15) is 11.1 Å². The van der Waals surface area contributed by atoms with Gasteiger partial charge in [0.05, 0.1) is 17.3 Å². The number of ether oxygens (including phenoxy) is 1. The molecular weight excluding hydrogens is 409 g/mol. The van der Waals surface area contributed by atoms with E-state index in [0.717, 1.165) is 5.56 Å². The number of carbonyl (C=O) groups is 3. The number of halogens is 2. The SMILES string of the molecule is O=C(Nc1ccc(Cl)cc1Cl)OCCc1cccc(CC(C(=O)O)C(=O)O)c1. The molecule has 0 bridgehead atoms. The molecule has 0 fully saturated rings. The van der Waals surface area contributed by atoms with Crippen molar-refractivity contribution in [2.45, 2.75) is 12.8 Å². The molecule has 1 amide bonds. The second-order valence-corrected chi connectivity index (χ2v) is 6.73. The highest BCUT2D eigenvalue weighted by molar-refractivity contribution is 6.36. The average molecular weight is 426 g/mol. The molecule has 0 aromatic heterocycles. The summed E-state index contributed by atoms with van der Waals surface area (Å²) in [4.78, 5) is 33.9. The first kappa shape index (κ1) is 21.5. The van der Waals surface area contributed by atoms with Gasteiger partial charge in [0, 0.05) is 11.4 Å². The molecule has 3 N–H and O–H groups in total. The minimum Gasteiger partial charge on any atom is -0.481 e. The zero-order valence-corrected chi connectivity index (χ0v) is 16.0. The number of carboxylic acid groups (broad SMARTS) is 2. The van der Waals surface area contributed by atoms with Gasteiger partial charge in [0.2, 0.25) is 0 Å². The highest BCUT2D eigenvalue weighted by Crippen LogP contribution is 2.25. The third-order valence-corrected chi connectivity index (χ3v) is 4.37. The van der Waals surface area contributed by atoms with E-state index in [4.69, 9.17) is 38.2 Å². The van der Waals surface area contributed by atoms with Crippen molar-refractivity contribution >= 4 is 46.9 Å². The number of carboxylic acids is 2. The van der Waals surface area contributed by atoms with Gasteiger partial charge in [-0.25, -0.2) is 4.79 Å². The summed E-state index contributed by atoms with van der Waals surface area (Å²) in [5, 5.41) is 21.2. The van der Waals surface area contributed by atoms with Gasteiger partial charge in [-0.1, -0.05) is 47.5 Å². The predicted molar refractivity (Wildman–Crippen MR) is 104 cm³/mol. The molecule has 0 spiro atoms. The number of aliphatic carboxylic acids is 2. The van der Waals surface area contributed by atoms with Crippen molar-refractivity contribution in [3.05, 3.63) is 63.6 Å². The molecule has 0 unspecified atom stereocenters. The fourth-order valence-electron chi connectivity index (χ4n) is 2.43. The Balaban J connectivity index is 1.88. The first-order chi connectivity index (χ1) is 13.3. The molecule has 0 saturated carbocycles. The molecule has 0 atom stereocenters. The normalized spacial score (nSPS) is 10.5. The number of rotatable bonds is 8. The van der Waals surface area contributed by atoms with Crippen molar-refractivity contribution in [2.24, 2.45) is 5.92 Å². The maximum absolute atomic E-state index is 11.8. The van der Waals surface area contributed by atoms with Crippen LogP contribution in [0.4, 0.5) is 10.5 Å². The molecule has 28 heavy (non-hydrogen) atoms. The number of anilines is 1. The molecule has 2 rings (SSSR count). The first-order valence-electron chi connectivity index (χ1n) is 8.18. The summed E-state index contributed by atoms with van der Waals surface area (Å²) in [6, 6.07) is 11.4. The molecule has 0 heterocycles. The maximum atomic E-state index is 11.8. The van der Waals surface area contributed by atoms with Crippen molar-refractivity contribution in [1.82, 2.24) is 0 Å². The first-order valence-corrected chi connectivity index (χ1v) is 8.94. The molecule has 0 aliphatic carbocycles. The Hall–Kier alpha value is -2.77. The lowest BCUT2D eigenvalue weighted by molar-refractivity contribution is -0.154. The van der Waals surface area contributed by atoms with E-state index in [9.17, 15) is 14.4 Å². The number of carbonyl (C=O) groups excluding carboxylic acids is 1. The van der Waals surface area contributed by atoms with E-state index in [0.29, 0.717) is 22.7 Å². The van der Waals surface area contributed by atoms with E-state index in [2.05, 4.69) is 5.32 Å². The zero-order chi connectivity index (χ0) is 20.7. The van der Waals surface area contributed by atoms with E-state index in [1.54, 1.807) is 36.4 Å². The minimum atomic E-state index is -1.51. The second-order valence-electron chi connectivity index (χ2n) is 5.89. The smallest absolute Gasteiger partial charge is 0.411 e. The van der Waals surface area contributed by atoms with Crippen molar-refractivity contribution < 1.29 is 29.3 Å². The van der Waals surface area contributed by atoms with E-state index in [-0.39, 0.29) is 18.1 Å². The maximum Gasteiger partial charge on any atom is 0.411 e. The fraction of sp³-hybridized carbons (Fsp3) is 0.211. The van der Waals surface area contributed by atoms with Gasteiger partial charge in [-0.15, -0.1) is 0 Å². The average Bonchev–Trinajstić information content (AvgIpc) is 2.62. The summed E-state index contributed by atoms with van der Waals surface area (Å²) in [5.41, 5.74) is 1.72. The van der Waals surface area contributed by atoms with E-state index >= 15 is 0 Å². The Morgan fingerprint density at radius 2 is 1.68 bits per heavy atom. The van der Waals surface area contributed by atoms with Crippen LogP contribution in [0.3, 0.4) is 0 Å². The van der Waals surface area contributed by atoms with Gasteiger partial charge in [0.1, 0.15) is 0 Å². The van der Waals surface area contributed by atoms with Gasteiger partial charge in [0.15, 0.2) is 5.92 Å². The second kappa shape index (κ2) is 9.96. The lowest BCUT2D eigenvalue weighted by atomic mass is 9.97. The van der Waals surface area contributed by atoms with Gasteiger partial charge in [-0.2, -0.15) is 0 Å². The Morgan fingerprint density at radius 3 is 2.32 bits per heavy atom. The number of benzene rings is 2. The van der Waals surface area contributed by atoms with Gasteiger partial charge in [-0.3, -0.25) is 14.9 Å². The summed E-state index contributed by atoms with van der Waals surface area (Å²) in [7, 11) is 0. The van der Waals surface area contributed by atoms with Crippen LogP contribution in [0.5, 0.6) is 0 Å². The van der Waals surface area contributed by atoms with Crippen LogP contribution in [-0.4, -0.2) is 34.9 Å². The molecule has 2 aromatic rings. The molecule has 0 saturated heterocycles. The van der Waals surface area contributed by atoms with E-state index in [1.807, 2.05) is 0 Å². The molecule has 2 aromatic carbocycles. The highest BCUT2D eigenvalue weighted by atomic mass is 35.5. The van der Waals surface area contributed by atoms with Gasteiger partial charge >= 0.3 is 18.0 Å². The van der Waals surface area contributed by atoms with Crippen molar-refractivity contribution in [1.29, 1.82) is 0 Å². The molecule has 9 heteroatoms. The topological polar surface area (TPSA) is 113 Å². The van der Waals surface area contributed by atoms with Crippen LogP contribution < -0.4 is 5.32 Å². The molecule has 0 radical (unpaired) electrons. The van der Waals surface area contributed by atoms with Crippen molar-refractivity contribution in [2.75, 3.05) is 11.9 Å². The van der Waals surface area contributed by atoms with Crippen LogP contribution in [0.15, 0.2) is 42.5 Å². The van der Waals surface area contributed by atoms with Crippen LogP contribution in [0, 0.1) is 5.92 Å². The quantitative estimate of drug-likeness (QED) is 0.548. The zero-order valence-electron chi connectivity index (χ0n) is 14.5. The third-order valence-electron chi connectivity index (χ3n) is 3.82. The Bertz CT molecular complexity index is 872. The Morgan fingerprint density at radius 1 is 1.00 bits per heavy atom. The Kier molecular flexibility index (Phi) is 7.66. The standard InChI is InChI=1S/C19H17Cl2NO6/c20-13-4-5-16(15(21)10-13)22-19(27)28-7-6-11-2-1-3-12(8-11)9-14(17(23)24)18(25)26/h1-5,8,10,14H,6-7,9H2,(H,22,27)(H,23,24)(H,25,26). The minimum absolute atomic E-state index is 0.0712. The highest BCUT2D eigenvalue weighted by Gasteiger charge is 2.25. The third kappa shape index (κ3) is 6.44. The van der Waals surface area contributed by atoms with Crippen molar-refractivity contribution in [3.8, 4) is 0 Å². The van der Waals surface area contributed by atoms with Gasteiger partial charge in [0.25, 0.3) is 0 Å². The van der Waals surface area contributed by atoms with E-state index < -0.39 is 23.9 Å².